The third kappa shape index (κ3) is 1.98. The van der Waals surface area contributed by atoms with Gasteiger partial charge in [0.1, 0.15) is 5.82 Å². The zero-order chi connectivity index (χ0) is 12.7. The van der Waals surface area contributed by atoms with E-state index < -0.39 is 6.10 Å². The first-order valence-electron chi connectivity index (χ1n) is 5.67. The van der Waals surface area contributed by atoms with E-state index in [9.17, 15) is 9.50 Å². The molecule has 4 heteroatoms. The van der Waals surface area contributed by atoms with Gasteiger partial charge >= 0.3 is 0 Å². The van der Waals surface area contributed by atoms with Gasteiger partial charge in [-0.3, -0.25) is 0 Å². The standard InChI is InChI=1S/C14H12FNOS/c15-9-2-1-8-5-12(17)11-7-10(16)3-4-13(11)18-14(8)6-9/h1-4,6-7,12,17H,5,16H2. The topological polar surface area (TPSA) is 46.2 Å². The Hall–Kier alpha value is -1.52. The predicted molar refractivity (Wildman–Crippen MR) is 70.0 cm³/mol. The molecule has 18 heavy (non-hydrogen) atoms. The van der Waals surface area contributed by atoms with Gasteiger partial charge in [-0.15, -0.1) is 0 Å². The van der Waals surface area contributed by atoms with Crippen LogP contribution in [0.5, 0.6) is 0 Å². The summed E-state index contributed by atoms with van der Waals surface area (Å²) in [5, 5.41) is 10.2. The summed E-state index contributed by atoms with van der Waals surface area (Å²) >= 11 is 1.47. The number of anilines is 1. The van der Waals surface area contributed by atoms with Crippen molar-refractivity contribution in [2.24, 2.45) is 0 Å². The van der Waals surface area contributed by atoms with Gasteiger partial charge in [0.2, 0.25) is 0 Å². The maximum atomic E-state index is 13.3. The predicted octanol–water partition coefficient (Wildman–Crippen LogP) is 3.15. The molecule has 0 spiro atoms. The van der Waals surface area contributed by atoms with Crippen LogP contribution in [0.3, 0.4) is 0 Å². The van der Waals surface area contributed by atoms with Gasteiger partial charge in [0.15, 0.2) is 0 Å². The van der Waals surface area contributed by atoms with Crippen molar-refractivity contribution in [2.75, 3.05) is 5.73 Å². The summed E-state index contributed by atoms with van der Waals surface area (Å²) in [5.41, 5.74) is 8.15. The summed E-state index contributed by atoms with van der Waals surface area (Å²) in [7, 11) is 0. The fourth-order valence-corrected chi connectivity index (χ4v) is 3.29. The quantitative estimate of drug-likeness (QED) is 0.716. The van der Waals surface area contributed by atoms with Crippen LogP contribution in [0, 0.1) is 5.82 Å². The van der Waals surface area contributed by atoms with Crippen LogP contribution in [0.2, 0.25) is 0 Å². The number of rotatable bonds is 0. The number of benzene rings is 2. The Balaban J connectivity index is 2.14. The Bertz CT molecular complexity index is 615. The second-order valence-corrected chi connectivity index (χ2v) is 5.46. The number of fused-ring (bicyclic) bond motifs is 2. The Morgan fingerprint density at radius 3 is 2.83 bits per heavy atom. The summed E-state index contributed by atoms with van der Waals surface area (Å²) in [6.45, 7) is 0. The number of halogens is 1. The van der Waals surface area contributed by atoms with E-state index in [-0.39, 0.29) is 5.82 Å². The van der Waals surface area contributed by atoms with Crippen molar-refractivity contribution in [3.05, 3.63) is 53.3 Å². The van der Waals surface area contributed by atoms with Crippen molar-refractivity contribution in [3.8, 4) is 0 Å². The Morgan fingerprint density at radius 1 is 1.17 bits per heavy atom. The molecule has 0 aliphatic carbocycles. The van der Waals surface area contributed by atoms with E-state index in [2.05, 4.69) is 0 Å². The molecule has 2 aromatic carbocycles. The van der Waals surface area contributed by atoms with Crippen LogP contribution in [0.15, 0.2) is 46.2 Å². The molecule has 0 amide bonds. The van der Waals surface area contributed by atoms with Gasteiger partial charge in [-0.25, -0.2) is 4.39 Å². The molecule has 0 bridgehead atoms. The van der Waals surface area contributed by atoms with Gasteiger partial charge in [-0.1, -0.05) is 17.8 Å². The lowest BCUT2D eigenvalue weighted by atomic mass is 10.0. The molecule has 0 aromatic heterocycles. The molecule has 1 aliphatic heterocycles. The number of nitrogens with two attached hydrogens (primary N) is 1. The van der Waals surface area contributed by atoms with E-state index in [1.54, 1.807) is 18.2 Å². The van der Waals surface area contributed by atoms with E-state index in [0.717, 1.165) is 20.9 Å². The summed E-state index contributed by atoms with van der Waals surface area (Å²) in [5.74, 6) is -0.255. The summed E-state index contributed by atoms with van der Waals surface area (Å²) in [6.07, 6.45) is -0.110. The van der Waals surface area contributed by atoms with Crippen molar-refractivity contribution in [2.45, 2.75) is 22.3 Å². The van der Waals surface area contributed by atoms with E-state index in [1.807, 2.05) is 6.07 Å². The highest BCUT2D eigenvalue weighted by atomic mass is 32.2. The Kier molecular flexibility index (Phi) is 2.76. The molecule has 1 aliphatic rings. The zero-order valence-corrected chi connectivity index (χ0v) is 10.4. The van der Waals surface area contributed by atoms with Crippen LogP contribution >= 0.6 is 11.8 Å². The number of aliphatic hydroxyl groups excluding tert-OH is 1. The van der Waals surface area contributed by atoms with Crippen LogP contribution in [0.1, 0.15) is 17.2 Å². The lowest BCUT2D eigenvalue weighted by Gasteiger charge is -2.11. The molecule has 1 atom stereocenters. The molecule has 3 rings (SSSR count). The van der Waals surface area contributed by atoms with Crippen molar-refractivity contribution >= 4 is 17.4 Å². The first-order valence-corrected chi connectivity index (χ1v) is 6.49. The summed E-state index contributed by atoms with van der Waals surface area (Å²) in [6, 6.07) is 10.1. The highest BCUT2D eigenvalue weighted by Crippen LogP contribution is 2.41. The van der Waals surface area contributed by atoms with Gasteiger partial charge in [0.25, 0.3) is 0 Å². The largest absolute Gasteiger partial charge is 0.399 e. The van der Waals surface area contributed by atoms with E-state index >= 15 is 0 Å². The van der Waals surface area contributed by atoms with Crippen LogP contribution in [-0.2, 0) is 6.42 Å². The van der Waals surface area contributed by atoms with Gasteiger partial charge in [0, 0.05) is 21.9 Å². The van der Waals surface area contributed by atoms with Crippen LogP contribution in [0.4, 0.5) is 10.1 Å². The van der Waals surface area contributed by atoms with Gasteiger partial charge in [0.05, 0.1) is 6.10 Å². The summed E-state index contributed by atoms with van der Waals surface area (Å²) in [4.78, 5) is 1.79. The molecule has 3 N–H and O–H groups in total. The van der Waals surface area contributed by atoms with Gasteiger partial charge in [-0.05, 0) is 41.5 Å². The first-order chi connectivity index (χ1) is 8.63. The maximum Gasteiger partial charge on any atom is 0.124 e. The summed E-state index contributed by atoms with van der Waals surface area (Å²) < 4.78 is 13.3. The van der Waals surface area contributed by atoms with E-state index in [4.69, 9.17) is 5.73 Å². The number of hydrogen-bond donors (Lipinski definition) is 2. The number of aliphatic hydroxyl groups is 1. The molecule has 92 valence electrons. The third-order valence-corrected chi connectivity index (χ3v) is 4.25. The van der Waals surface area contributed by atoms with E-state index in [0.29, 0.717) is 12.1 Å². The van der Waals surface area contributed by atoms with Crippen LogP contribution in [-0.4, -0.2) is 5.11 Å². The Morgan fingerprint density at radius 2 is 2.00 bits per heavy atom. The van der Waals surface area contributed by atoms with Crippen molar-refractivity contribution in [1.29, 1.82) is 0 Å². The number of nitrogen functional groups attached to an aromatic ring is 1. The lowest BCUT2D eigenvalue weighted by molar-refractivity contribution is 0.175. The van der Waals surface area contributed by atoms with Crippen LogP contribution < -0.4 is 5.73 Å². The minimum Gasteiger partial charge on any atom is -0.399 e. The minimum atomic E-state index is -0.595. The molecule has 0 saturated heterocycles. The average molecular weight is 261 g/mol. The van der Waals surface area contributed by atoms with Crippen molar-refractivity contribution in [1.82, 2.24) is 0 Å². The molecule has 0 radical (unpaired) electrons. The fourth-order valence-electron chi connectivity index (χ4n) is 2.15. The van der Waals surface area contributed by atoms with E-state index in [1.165, 1.54) is 23.9 Å². The van der Waals surface area contributed by atoms with Crippen molar-refractivity contribution < 1.29 is 9.50 Å². The van der Waals surface area contributed by atoms with Gasteiger partial charge < -0.3 is 10.8 Å². The fraction of sp³-hybridized carbons (Fsp3) is 0.143. The average Bonchev–Trinajstić information content (AvgIpc) is 2.46. The minimum absolute atomic E-state index is 0.255. The zero-order valence-electron chi connectivity index (χ0n) is 9.56. The molecule has 1 heterocycles. The second kappa shape index (κ2) is 4.30. The second-order valence-electron chi connectivity index (χ2n) is 4.37. The molecule has 0 saturated carbocycles. The lowest BCUT2D eigenvalue weighted by Crippen LogP contribution is -2.02. The Labute approximate surface area is 109 Å². The first kappa shape index (κ1) is 11.6. The highest BCUT2D eigenvalue weighted by Gasteiger charge is 2.21. The third-order valence-electron chi connectivity index (χ3n) is 3.06. The van der Waals surface area contributed by atoms with Crippen LogP contribution in [0.25, 0.3) is 0 Å². The normalized spacial score (nSPS) is 17.8. The molecular formula is C14H12FNOS. The highest BCUT2D eigenvalue weighted by molar-refractivity contribution is 7.99. The molecule has 2 nitrogen and oxygen atoms in total. The molecule has 2 aromatic rings. The maximum absolute atomic E-state index is 13.3. The number of hydrogen-bond acceptors (Lipinski definition) is 3. The monoisotopic (exact) mass is 261 g/mol. The van der Waals surface area contributed by atoms with Gasteiger partial charge in [-0.2, -0.15) is 0 Å². The molecule has 1 unspecified atom stereocenters. The molecular weight excluding hydrogens is 249 g/mol. The smallest absolute Gasteiger partial charge is 0.124 e. The van der Waals surface area contributed by atoms with Crippen molar-refractivity contribution in [3.63, 3.8) is 0 Å². The molecule has 0 fully saturated rings. The SMILES string of the molecule is Nc1ccc2c(c1)C(O)Cc1ccc(F)cc1S2.